The Bertz CT molecular complexity index is 1160. The fourth-order valence-corrected chi connectivity index (χ4v) is 3.81. The van der Waals surface area contributed by atoms with Crippen LogP contribution in [0.15, 0.2) is 53.3 Å². The second-order valence-corrected chi connectivity index (χ2v) is 7.63. The molecule has 1 saturated heterocycles. The van der Waals surface area contributed by atoms with Crippen LogP contribution < -0.4 is 21.1 Å². The van der Waals surface area contributed by atoms with Gasteiger partial charge < -0.3 is 20.1 Å². The van der Waals surface area contributed by atoms with Gasteiger partial charge in [0.1, 0.15) is 0 Å². The number of rotatable bonds is 6. The summed E-state index contributed by atoms with van der Waals surface area (Å²) in [6.45, 7) is 3.36. The van der Waals surface area contributed by atoms with Crippen molar-refractivity contribution in [2.45, 2.75) is 32.7 Å². The molecule has 0 spiro atoms. The SMILES string of the molecule is CC(=O)Nc1ccc(NC(=O)CCn2c(=O)c(N3CCCC3)nc3ccccc32)cc1. The lowest BCUT2D eigenvalue weighted by Gasteiger charge is -2.19. The zero-order chi connectivity index (χ0) is 21.8. The van der Waals surface area contributed by atoms with E-state index in [9.17, 15) is 14.4 Å². The maximum atomic E-state index is 13.2. The third kappa shape index (κ3) is 4.74. The van der Waals surface area contributed by atoms with Gasteiger partial charge in [0.25, 0.3) is 5.56 Å². The molecule has 0 atom stereocenters. The molecule has 1 aromatic heterocycles. The van der Waals surface area contributed by atoms with E-state index in [1.54, 1.807) is 28.8 Å². The molecule has 0 bridgehead atoms. The normalized spacial score (nSPS) is 13.4. The van der Waals surface area contributed by atoms with Crippen LogP contribution in [0.3, 0.4) is 0 Å². The highest BCUT2D eigenvalue weighted by molar-refractivity contribution is 5.92. The Hall–Kier alpha value is -3.68. The Kier molecular flexibility index (Phi) is 5.97. The zero-order valence-electron chi connectivity index (χ0n) is 17.4. The molecule has 4 rings (SSSR count). The third-order valence-corrected chi connectivity index (χ3v) is 5.29. The molecule has 160 valence electrons. The predicted octanol–water partition coefficient (Wildman–Crippen LogP) is 2.98. The predicted molar refractivity (Wildman–Crippen MR) is 121 cm³/mol. The molecule has 2 aromatic carbocycles. The number of hydrogen-bond donors (Lipinski definition) is 2. The van der Waals surface area contributed by atoms with E-state index in [1.165, 1.54) is 6.92 Å². The lowest BCUT2D eigenvalue weighted by molar-refractivity contribution is -0.116. The summed E-state index contributed by atoms with van der Waals surface area (Å²) in [5.41, 5.74) is 2.60. The van der Waals surface area contributed by atoms with Crippen LogP contribution >= 0.6 is 0 Å². The molecule has 0 radical (unpaired) electrons. The molecule has 1 aliphatic rings. The van der Waals surface area contributed by atoms with Crippen molar-refractivity contribution in [3.8, 4) is 0 Å². The average molecular weight is 419 g/mol. The standard InChI is InChI=1S/C23H25N5O3/c1-16(29)24-17-8-10-18(11-9-17)25-21(30)12-15-28-20-7-3-2-6-19(20)26-22(23(28)31)27-13-4-5-14-27/h2-3,6-11H,4-5,12-15H2,1H3,(H,24,29)(H,25,30). The molecule has 8 nitrogen and oxygen atoms in total. The minimum absolute atomic E-state index is 0.153. The van der Waals surface area contributed by atoms with Crippen LogP contribution in [0, 0.1) is 0 Å². The van der Waals surface area contributed by atoms with Crippen molar-refractivity contribution in [2.75, 3.05) is 28.6 Å². The molecular formula is C23H25N5O3. The van der Waals surface area contributed by atoms with Crippen molar-refractivity contribution in [1.82, 2.24) is 9.55 Å². The van der Waals surface area contributed by atoms with Gasteiger partial charge in [-0.05, 0) is 49.2 Å². The molecule has 0 unspecified atom stereocenters. The summed E-state index contributed by atoms with van der Waals surface area (Å²) < 4.78 is 1.65. The number of aryl methyl sites for hydroxylation is 1. The number of nitrogens with one attached hydrogen (secondary N) is 2. The molecule has 0 aliphatic carbocycles. The Balaban J connectivity index is 1.50. The Morgan fingerprint density at radius 2 is 1.61 bits per heavy atom. The van der Waals surface area contributed by atoms with Crippen LogP contribution in [0.4, 0.5) is 17.2 Å². The molecule has 2 heterocycles. The Morgan fingerprint density at radius 3 is 2.29 bits per heavy atom. The van der Waals surface area contributed by atoms with Gasteiger partial charge in [0, 0.05) is 44.4 Å². The maximum Gasteiger partial charge on any atom is 0.294 e. The van der Waals surface area contributed by atoms with Crippen LogP contribution in [-0.2, 0) is 16.1 Å². The summed E-state index contributed by atoms with van der Waals surface area (Å²) in [5.74, 6) is 0.119. The number of anilines is 3. The van der Waals surface area contributed by atoms with Gasteiger partial charge in [0.05, 0.1) is 11.0 Å². The molecule has 8 heteroatoms. The Labute approximate surface area is 179 Å². The van der Waals surface area contributed by atoms with E-state index in [1.807, 2.05) is 29.2 Å². The first-order chi connectivity index (χ1) is 15.0. The van der Waals surface area contributed by atoms with Gasteiger partial charge in [-0.1, -0.05) is 12.1 Å². The maximum absolute atomic E-state index is 13.2. The van der Waals surface area contributed by atoms with Gasteiger partial charge in [0.15, 0.2) is 5.82 Å². The van der Waals surface area contributed by atoms with Crippen molar-refractivity contribution in [3.05, 3.63) is 58.9 Å². The lowest BCUT2D eigenvalue weighted by atomic mass is 10.2. The third-order valence-electron chi connectivity index (χ3n) is 5.29. The van der Waals surface area contributed by atoms with Crippen LogP contribution in [0.25, 0.3) is 11.0 Å². The largest absolute Gasteiger partial charge is 0.352 e. The number of carbonyl (C=O) groups is 2. The number of para-hydroxylation sites is 2. The number of nitrogens with zero attached hydrogens (tertiary/aromatic N) is 3. The summed E-state index contributed by atoms with van der Waals surface area (Å²) in [5, 5.41) is 5.52. The van der Waals surface area contributed by atoms with Crippen molar-refractivity contribution in [3.63, 3.8) is 0 Å². The van der Waals surface area contributed by atoms with Crippen LogP contribution in [0.2, 0.25) is 0 Å². The molecule has 3 aromatic rings. The first kappa shape index (κ1) is 20.6. The molecule has 2 amide bonds. The molecule has 31 heavy (non-hydrogen) atoms. The van der Waals surface area contributed by atoms with Crippen molar-refractivity contribution in [2.24, 2.45) is 0 Å². The summed E-state index contributed by atoms with van der Waals surface area (Å²) in [7, 11) is 0. The number of hydrogen-bond acceptors (Lipinski definition) is 5. The summed E-state index contributed by atoms with van der Waals surface area (Å²) in [4.78, 5) is 43.4. The van der Waals surface area contributed by atoms with Gasteiger partial charge >= 0.3 is 0 Å². The fraction of sp³-hybridized carbons (Fsp3) is 0.304. The van der Waals surface area contributed by atoms with Gasteiger partial charge in [-0.25, -0.2) is 4.98 Å². The van der Waals surface area contributed by atoms with E-state index < -0.39 is 0 Å². The molecule has 2 N–H and O–H groups in total. The van der Waals surface area contributed by atoms with Gasteiger partial charge in [-0.3, -0.25) is 14.4 Å². The monoisotopic (exact) mass is 419 g/mol. The van der Waals surface area contributed by atoms with E-state index in [4.69, 9.17) is 0 Å². The fourth-order valence-electron chi connectivity index (χ4n) is 3.81. The van der Waals surface area contributed by atoms with E-state index in [2.05, 4.69) is 15.6 Å². The molecular weight excluding hydrogens is 394 g/mol. The number of amides is 2. The van der Waals surface area contributed by atoms with Crippen molar-refractivity contribution in [1.29, 1.82) is 0 Å². The first-order valence-electron chi connectivity index (χ1n) is 10.4. The minimum atomic E-state index is -0.192. The molecule has 1 fully saturated rings. The van der Waals surface area contributed by atoms with Crippen molar-refractivity contribution < 1.29 is 9.59 Å². The Morgan fingerprint density at radius 1 is 0.968 bits per heavy atom. The number of benzene rings is 2. The second-order valence-electron chi connectivity index (χ2n) is 7.63. The second kappa shape index (κ2) is 8.99. The smallest absolute Gasteiger partial charge is 0.294 e. The summed E-state index contributed by atoms with van der Waals surface area (Å²) in [6.07, 6.45) is 2.26. The van der Waals surface area contributed by atoms with E-state index in [-0.39, 0.29) is 30.3 Å². The lowest BCUT2D eigenvalue weighted by Crippen LogP contribution is -2.32. The average Bonchev–Trinajstić information content (AvgIpc) is 3.28. The number of aromatic nitrogens is 2. The van der Waals surface area contributed by atoms with Crippen LogP contribution in [0.1, 0.15) is 26.2 Å². The first-order valence-corrected chi connectivity index (χ1v) is 10.4. The topological polar surface area (TPSA) is 96.3 Å². The minimum Gasteiger partial charge on any atom is -0.352 e. The van der Waals surface area contributed by atoms with Crippen LogP contribution in [0.5, 0.6) is 0 Å². The van der Waals surface area contributed by atoms with Crippen LogP contribution in [-0.4, -0.2) is 34.5 Å². The zero-order valence-corrected chi connectivity index (χ0v) is 17.4. The number of carbonyl (C=O) groups excluding carboxylic acids is 2. The highest BCUT2D eigenvalue weighted by Gasteiger charge is 2.20. The molecule has 0 saturated carbocycles. The highest BCUT2D eigenvalue weighted by Crippen LogP contribution is 2.19. The van der Waals surface area contributed by atoms with Gasteiger partial charge in [-0.15, -0.1) is 0 Å². The van der Waals surface area contributed by atoms with Crippen molar-refractivity contribution >= 4 is 40.0 Å². The summed E-state index contributed by atoms with van der Waals surface area (Å²) >= 11 is 0. The molecule has 1 aliphatic heterocycles. The number of fused-ring (bicyclic) bond motifs is 1. The highest BCUT2D eigenvalue weighted by atomic mass is 16.2. The van der Waals surface area contributed by atoms with E-state index >= 15 is 0 Å². The quantitative estimate of drug-likeness (QED) is 0.640. The summed E-state index contributed by atoms with van der Waals surface area (Å²) in [6, 6.07) is 14.4. The van der Waals surface area contributed by atoms with Gasteiger partial charge in [0.2, 0.25) is 11.8 Å². The van der Waals surface area contributed by atoms with E-state index in [0.717, 1.165) is 37.0 Å². The van der Waals surface area contributed by atoms with Gasteiger partial charge in [-0.2, -0.15) is 0 Å². The van der Waals surface area contributed by atoms with E-state index in [0.29, 0.717) is 17.2 Å².